The van der Waals surface area contributed by atoms with Crippen LogP contribution in [0.1, 0.15) is 47.0 Å². The molecular formula is C12H24N2. The number of hydrogen-bond acceptors (Lipinski definition) is 2. The standard InChI is InChI=1S/C12H24N2/c1-5-11(6-2)9-14-10(4)12(7-3)8-13/h8,11H,5-7,9,13H2,1-4H3/b12-8-,14-10?. The third kappa shape index (κ3) is 4.45. The van der Waals surface area contributed by atoms with Gasteiger partial charge in [0, 0.05) is 12.3 Å². The van der Waals surface area contributed by atoms with Crippen molar-refractivity contribution >= 4 is 5.71 Å². The molecule has 0 saturated heterocycles. The van der Waals surface area contributed by atoms with Crippen LogP contribution in [0.5, 0.6) is 0 Å². The molecule has 0 rings (SSSR count). The second-order valence-corrected chi connectivity index (χ2v) is 3.65. The maximum Gasteiger partial charge on any atom is 0.0420 e. The number of rotatable bonds is 6. The van der Waals surface area contributed by atoms with Crippen LogP contribution in [0.25, 0.3) is 0 Å². The SMILES string of the molecule is CC/C(=C/N)C(C)=NCC(CC)CC. The Balaban J connectivity index is 4.23. The summed E-state index contributed by atoms with van der Waals surface area (Å²) in [6.07, 6.45) is 5.06. The summed E-state index contributed by atoms with van der Waals surface area (Å²) >= 11 is 0. The fourth-order valence-electron chi connectivity index (χ4n) is 1.41. The van der Waals surface area contributed by atoms with E-state index in [1.165, 1.54) is 12.8 Å². The van der Waals surface area contributed by atoms with Crippen molar-refractivity contribution in [2.24, 2.45) is 16.6 Å². The monoisotopic (exact) mass is 196 g/mol. The van der Waals surface area contributed by atoms with Gasteiger partial charge in [0.15, 0.2) is 0 Å². The van der Waals surface area contributed by atoms with Gasteiger partial charge in [0.05, 0.1) is 0 Å². The van der Waals surface area contributed by atoms with Crippen molar-refractivity contribution in [2.75, 3.05) is 6.54 Å². The van der Waals surface area contributed by atoms with Gasteiger partial charge in [-0.1, -0.05) is 33.6 Å². The molecule has 0 aromatic carbocycles. The molecule has 0 aliphatic heterocycles. The summed E-state index contributed by atoms with van der Waals surface area (Å²) < 4.78 is 0. The first kappa shape index (κ1) is 13.2. The minimum Gasteiger partial charge on any atom is -0.404 e. The maximum atomic E-state index is 5.51. The smallest absolute Gasteiger partial charge is 0.0420 e. The normalized spacial score (nSPS) is 13.8. The first-order valence-electron chi connectivity index (χ1n) is 5.61. The van der Waals surface area contributed by atoms with Crippen LogP contribution in [-0.4, -0.2) is 12.3 Å². The van der Waals surface area contributed by atoms with E-state index < -0.39 is 0 Å². The minimum absolute atomic E-state index is 0.723. The molecule has 0 spiro atoms. The van der Waals surface area contributed by atoms with E-state index in [1.54, 1.807) is 6.20 Å². The summed E-state index contributed by atoms with van der Waals surface area (Å²) in [4.78, 5) is 4.58. The number of nitrogens with two attached hydrogens (primary N) is 1. The van der Waals surface area contributed by atoms with E-state index in [-0.39, 0.29) is 0 Å². The van der Waals surface area contributed by atoms with Crippen molar-refractivity contribution in [1.82, 2.24) is 0 Å². The predicted octanol–water partition coefficient (Wildman–Crippen LogP) is 3.14. The highest BCUT2D eigenvalue weighted by Gasteiger charge is 2.03. The molecule has 2 N–H and O–H groups in total. The lowest BCUT2D eigenvalue weighted by Gasteiger charge is -2.10. The molecule has 0 aromatic heterocycles. The van der Waals surface area contributed by atoms with Gasteiger partial charge in [-0.05, 0) is 31.0 Å². The van der Waals surface area contributed by atoms with E-state index in [9.17, 15) is 0 Å². The van der Waals surface area contributed by atoms with E-state index in [0.29, 0.717) is 0 Å². The molecule has 2 heteroatoms. The summed E-state index contributed by atoms with van der Waals surface area (Å²) in [5, 5.41) is 0. The van der Waals surface area contributed by atoms with Gasteiger partial charge in [0.1, 0.15) is 0 Å². The van der Waals surface area contributed by atoms with Gasteiger partial charge in [0.2, 0.25) is 0 Å². The summed E-state index contributed by atoms with van der Waals surface area (Å²) in [6.45, 7) is 9.53. The van der Waals surface area contributed by atoms with Gasteiger partial charge in [0.25, 0.3) is 0 Å². The largest absolute Gasteiger partial charge is 0.404 e. The van der Waals surface area contributed by atoms with Crippen molar-refractivity contribution in [2.45, 2.75) is 47.0 Å². The topological polar surface area (TPSA) is 38.4 Å². The molecule has 0 aromatic rings. The summed E-state index contributed by atoms with van der Waals surface area (Å²) in [5.74, 6) is 0.723. The molecule has 0 fully saturated rings. The second kappa shape index (κ2) is 7.60. The zero-order valence-corrected chi connectivity index (χ0v) is 10.0. The molecule has 0 heterocycles. The number of hydrogen-bond donors (Lipinski definition) is 1. The van der Waals surface area contributed by atoms with Crippen LogP contribution in [-0.2, 0) is 0 Å². The third-order valence-corrected chi connectivity index (χ3v) is 2.79. The van der Waals surface area contributed by atoms with Gasteiger partial charge >= 0.3 is 0 Å². The maximum absolute atomic E-state index is 5.51. The molecule has 0 amide bonds. The van der Waals surface area contributed by atoms with Gasteiger partial charge in [-0.2, -0.15) is 0 Å². The fraction of sp³-hybridized carbons (Fsp3) is 0.750. The molecule has 82 valence electrons. The quantitative estimate of drug-likeness (QED) is 0.651. The second-order valence-electron chi connectivity index (χ2n) is 3.65. The van der Waals surface area contributed by atoms with Crippen LogP contribution in [0.4, 0.5) is 0 Å². The Bertz CT molecular complexity index is 200. The van der Waals surface area contributed by atoms with Crippen LogP contribution in [0, 0.1) is 5.92 Å². The Morgan fingerprint density at radius 1 is 1.29 bits per heavy atom. The molecular weight excluding hydrogens is 172 g/mol. The molecule has 0 unspecified atom stereocenters. The minimum atomic E-state index is 0.723. The Hall–Kier alpha value is -0.790. The van der Waals surface area contributed by atoms with E-state index in [1.807, 2.05) is 6.92 Å². The predicted molar refractivity (Wildman–Crippen MR) is 64.6 cm³/mol. The van der Waals surface area contributed by atoms with E-state index in [4.69, 9.17) is 5.73 Å². The highest BCUT2D eigenvalue weighted by molar-refractivity contribution is 5.97. The summed E-state index contributed by atoms with van der Waals surface area (Å²) in [5.41, 5.74) is 7.77. The number of allylic oxidation sites excluding steroid dienone is 1. The van der Waals surface area contributed by atoms with Crippen molar-refractivity contribution in [3.63, 3.8) is 0 Å². The fourth-order valence-corrected chi connectivity index (χ4v) is 1.41. The lowest BCUT2D eigenvalue weighted by atomic mass is 10.0. The zero-order valence-electron chi connectivity index (χ0n) is 10.0. The Morgan fingerprint density at radius 2 is 1.86 bits per heavy atom. The molecule has 0 radical (unpaired) electrons. The van der Waals surface area contributed by atoms with Gasteiger partial charge in [-0.25, -0.2) is 0 Å². The van der Waals surface area contributed by atoms with Crippen LogP contribution >= 0.6 is 0 Å². The molecule has 0 saturated carbocycles. The zero-order chi connectivity index (χ0) is 11.0. The van der Waals surface area contributed by atoms with Crippen LogP contribution in [0.3, 0.4) is 0 Å². The van der Waals surface area contributed by atoms with Crippen LogP contribution in [0.15, 0.2) is 16.8 Å². The van der Waals surface area contributed by atoms with Gasteiger partial charge in [-0.15, -0.1) is 0 Å². The third-order valence-electron chi connectivity index (χ3n) is 2.79. The van der Waals surface area contributed by atoms with Crippen LogP contribution in [0.2, 0.25) is 0 Å². The first-order valence-corrected chi connectivity index (χ1v) is 5.61. The Morgan fingerprint density at radius 3 is 2.21 bits per heavy atom. The molecule has 0 bridgehead atoms. The number of aliphatic imine (C=N–C) groups is 1. The Labute approximate surface area is 88.3 Å². The first-order chi connectivity index (χ1) is 6.69. The molecule has 0 atom stereocenters. The molecule has 14 heavy (non-hydrogen) atoms. The highest BCUT2D eigenvalue weighted by Crippen LogP contribution is 2.09. The number of nitrogens with zero attached hydrogens (tertiary/aromatic N) is 1. The molecule has 0 aliphatic carbocycles. The average molecular weight is 196 g/mol. The van der Waals surface area contributed by atoms with Crippen molar-refractivity contribution < 1.29 is 0 Å². The summed E-state index contributed by atoms with van der Waals surface area (Å²) in [7, 11) is 0. The molecule has 0 aliphatic rings. The van der Waals surface area contributed by atoms with E-state index in [2.05, 4.69) is 25.8 Å². The van der Waals surface area contributed by atoms with Gasteiger partial charge < -0.3 is 5.73 Å². The van der Waals surface area contributed by atoms with E-state index >= 15 is 0 Å². The lowest BCUT2D eigenvalue weighted by molar-refractivity contribution is 0.506. The highest BCUT2D eigenvalue weighted by atomic mass is 14.7. The van der Waals surface area contributed by atoms with Crippen molar-refractivity contribution in [3.8, 4) is 0 Å². The molecule has 2 nitrogen and oxygen atoms in total. The lowest BCUT2D eigenvalue weighted by Crippen LogP contribution is -2.06. The van der Waals surface area contributed by atoms with Gasteiger partial charge in [-0.3, -0.25) is 4.99 Å². The van der Waals surface area contributed by atoms with E-state index in [0.717, 1.165) is 30.2 Å². The summed E-state index contributed by atoms with van der Waals surface area (Å²) in [6, 6.07) is 0. The Kier molecular flexibility index (Phi) is 7.17. The average Bonchev–Trinajstić information content (AvgIpc) is 2.21. The van der Waals surface area contributed by atoms with Crippen molar-refractivity contribution in [3.05, 3.63) is 11.8 Å². The van der Waals surface area contributed by atoms with Crippen molar-refractivity contribution in [1.29, 1.82) is 0 Å². The van der Waals surface area contributed by atoms with Crippen LogP contribution < -0.4 is 5.73 Å².